The summed E-state index contributed by atoms with van der Waals surface area (Å²) in [5, 5.41) is 10.7. The molecule has 2 aromatic rings. The van der Waals surface area contributed by atoms with Crippen molar-refractivity contribution in [2.24, 2.45) is 5.92 Å². The number of piperidine rings is 1. The van der Waals surface area contributed by atoms with Gasteiger partial charge in [0.05, 0.1) is 12.6 Å². The van der Waals surface area contributed by atoms with Crippen molar-refractivity contribution in [3.05, 3.63) is 65.7 Å². The number of aliphatic hydroxyl groups is 1. The van der Waals surface area contributed by atoms with Crippen molar-refractivity contribution in [3.8, 4) is 0 Å². The first-order valence-electron chi connectivity index (χ1n) is 11.1. The van der Waals surface area contributed by atoms with E-state index in [2.05, 4.69) is 41.0 Å². The van der Waals surface area contributed by atoms with Gasteiger partial charge in [-0.1, -0.05) is 42.5 Å². The molecule has 4 rings (SSSR count). The molecule has 1 atom stereocenters. The van der Waals surface area contributed by atoms with Crippen LogP contribution in [0.4, 0.5) is 5.69 Å². The third-order valence-electron chi connectivity index (χ3n) is 6.58. The van der Waals surface area contributed by atoms with Crippen LogP contribution in [0.2, 0.25) is 0 Å². The zero-order valence-electron chi connectivity index (χ0n) is 17.9. The molecule has 1 N–H and O–H groups in total. The highest BCUT2D eigenvalue weighted by Crippen LogP contribution is 2.30. The van der Waals surface area contributed by atoms with Crippen molar-refractivity contribution in [1.29, 1.82) is 0 Å². The van der Waals surface area contributed by atoms with Gasteiger partial charge in [-0.3, -0.25) is 9.69 Å². The second-order valence-corrected chi connectivity index (χ2v) is 8.68. The Kier molecular flexibility index (Phi) is 6.70. The van der Waals surface area contributed by atoms with Crippen molar-refractivity contribution in [2.75, 3.05) is 50.7 Å². The fourth-order valence-corrected chi connectivity index (χ4v) is 4.68. The Hall–Kier alpha value is -2.37. The maximum absolute atomic E-state index is 12.8. The van der Waals surface area contributed by atoms with Crippen LogP contribution < -0.4 is 4.90 Å². The highest BCUT2D eigenvalue weighted by Gasteiger charge is 2.28. The van der Waals surface area contributed by atoms with E-state index in [1.807, 2.05) is 35.2 Å². The van der Waals surface area contributed by atoms with Crippen LogP contribution in [0, 0.1) is 12.8 Å². The number of benzene rings is 2. The summed E-state index contributed by atoms with van der Waals surface area (Å²) < 4.78 is 0. The minimum absolute atomic E-state index is 0.237. The number of likely N-dealkylation sites (tertiary alicyclic amines) is 1. The Bertz CT molecular complexity index is 825. The number of carbonyl (C=O) groups is 1. The number of carbonyl (C=O) groups excluding carboxylic acids is 1. The molecule has 5 nitrogen and oxygen atoms in total. The average molecular weight is 408 g/mol. The maximum atomic E-state index is 12.8. The topological polar surface area (TPSA) is 47.0 Å². The minimum Gasteiger partial charge on any atom is -0.388 e. The number of aliphatic hydroxyl groups excluding tert-OH is 1. The number of piperazine rings is 1. The predicted octanol–water partition coefficient (Wildman–Crippen LogP) is 3.09. The van der Waals surface area contributed by atoms with Gasteiger partial charge < -0.3 is 14.9 Å². The molecule has 2 heterocycles. The van der Waals surface area contributed by atoms with E-state index >= 15 is 0 Å². The molecule has 2 fully saturated rings. The van der Waals surface area contributed by atoms with Gasteiger partial charge in [0.2, 0.25) is 5.91 Å². The lowest BCUT2D eigenvalue weighted by Crippen LogP contribution is -2.52. The summed E-state index contributed by atoms with van der Waals surface area (Å²) in [6, 6.07) is 18.5. The SMILES string of the molecule is Cc1cccc(N2CCN(C(=O)CN3CCC(C(O)c4ccccc4)CC3)CC2)c1. The smallest absolute Gasteiger partial charge is 0.236 e. The van der Waals surface area contributed by atoms with Crippen LogP contribution in [-0.4, -0.2) is 66.6 Å². The molecule has 0 spiro atoms. The minimum atomic E-state index is -0.404. The summed E-state index contributed by atoms with van der Waals surface area (Å²) in [5.41, 5.74) is 3.52. The van der Waals surface area contributed by atoms with Crippen LogP contribution >= 0.6 is 0 Å². The fraction of sp³-hybridized carbons (Fsp3) is 0.480. The van der Waals surface area contributed by atoms with E-state index < -0.39 is 6.10 Å². The molecule has 1 unspecified atom stereocenters. The Morgan fingerprint density at radius 1 is 0.967 bits per heavy atom. The van der Waals surface area contributed by atoms with E-state index in [1.54, 1.807) is 0 Å². The number of nitrogens with zero attached hydrogens (tertiary/aromatic N) is 3. The quantitative estimate of drug-likeness (QED) is 0.828. The highest BCUT2D eigenvalue weighted by atomic mass is 16.3. The van der Waals surface area contributed by atoms with Gasteiger partial charge in [0.25, 0.3) is 0 Å². The molecule has 0 aromatic heterocycles. The van der Waals surface area contributed by atoms with E-state index in [-0.39, 0.29) is 11.8 Å². The first-order valence-corrected chi connectivity index (χ1v) is 11.1. The Morgan fingerprint density at radius 3 is 2.33 bits per heavy atom. The molecule has 5 heteroatoms. The second-order valence-electron chi connectivity index (χ2n) is 8.68. The van der Waals surface area contributed by atoms with Crippen LogP contribution in [0.5, 0.6) is 0 Å². The largest absolute Gasteiger partial charge is 0.388 e. The Labute approximate surface area is 179 Å². The van der Waals surface area contributed by atoms with Crippen LogP contribution in [0.1, 0.15) is 30.1 Å². The van der Waals surface area contributed by atoms with Crippen molar-refractivity contribution < 1.29 is 9.90 Å². The third-order valence-corrected chi connectivity index (χ3v) is 6.58. The third kappa shape index (κ3) is 5.02. The second kappa shape index (κ2) is 9.63. The number of hydrogen-bond acceptors (Lipinski definition) is 4. The first-order chi connectivity index (χ1) is 14.6. The molecular formula is C25H33N3O2. The van der Waals surface area contributed by atoms with Gasteiger partial charge in [0.15, 0.2) is 0 Å². The zero-order valence-corrected chi connectivity index (χ0v) is 17.9. The number of hydrogen-bond donors (Lipinski definition) is 1. The molecule has 2 aromatic carbocycles. The van der Waals surface area contributed by atoms with Crippen molar-refractivity contribution in [2.45, 2.75) is 25.9 Å². The lowest BCUT2D eigenvalue weighted by molar-refractivity contribution is -0.133. The summed E-state index contributed by atoms with van der Waals surface area (Å²) >= 11 is 0. The summed E-state index contributed by atoms with van der Waals surface area (Å²) in [6.45, 7) is 7.73. The van der Waals surface area contributed by atoms with Gasteiger partial charge in [-0.05, 0) is 62.0 Å². The lowest BCUT2D eigenvalue weighted by atomic mass is 9.87. The molecule has 0 bridgehead atoms. The van der Waals surface area contributed by atoms with E-state index in [0.717, 1.165) is 57.7 Å². The molecule has 0 saturated carbocycles. The molecule has 2 saturated heterocycles. The van der Waals surface area contributed by atoms with Gasteiger partial charge in [0.1, 0.15) is 0 Å². The monoisotopic (exact) mass is 407 g/mol. The van der Waals surface area contributed by atoms with E-state index in [0.29, 0.717) is 6.54 Å². The summed E-state index contributed by atoms with van der Waals surface area (Å²) in [4.78, 5) is 19.4. The van der Waals surface area contributed by atoms with E-state index in [4.69, 9.17) is 0 Å². The molecule has 1 amide bonds. The first kappa shape index (κ1) is 20.9. The van der Waals surface area contributed by atoms with Gasteiger partial charge in [-0.15, -0.1) is 0 Å². The zero-order chi connectivity index (χ0) is 20.9. The highest BCUT2D eigenvalue weighted by molar-refractivity contribution is 5.78. The van der Waals surface area contributed by atoms with Crippen LogP contribution in [-0.2, 0) is 4.79 Å². The number of rotatable bonds is 5. The maximum Gasteiger partial charge on any atom is 0.236 e. The molecular weight excluding hydrogens is 374 g/mol. The summed E-state index contributed by atoms with van der Waals surface area (Å²) in [6.07, 6.45) is 1.47. The number of anilines is 1. The predicted molar refractivity (Wildman–Crippen MR) is 121 cm³/mol. The summed E-state index contributed by atoms with van der Waals surface area (Å²) in [7, 11) is 0. The molecule has 2 aliphatic heterocycles. The van der Waals surface area contributed by atoms with Crippen molar-refractivity contribution in [3.63, 3.8) is 0 Å². The van der Waals surface area contributed by atoms with Gasteiger partial charge in [-0.2, -0.15) is 0 Å². The van der Waals surface area contributed by atoms with Gasteiger partial charge >= 0.3 is 0 Å². The van der Waals surface area contributed by atoms with E-state index in [9.17, 15) is 9.90 Å². The number of aryl methyl sites for hydroxylation is 1. The van der Waals surface area contributed by atoms with E-state index in [1.165, 1.54) is 11.3 Å². The lowest BCUT2D eigenvalue weighted by Gasteiger charge is -2.38. The molecule has 0 radical (unpaired) electrons. The fourth-order valence-electron chi connectivity index (χ4n) is 4.68. The van der Waals surface area contributed by atoms with Crippen LogP contribution in [0.25, 0.3) is 0 Å². The average Bonchev–Trinajstić information content (AvgIpc) is 2.80. The molecule has 2 aliphatic rings. The molecule has 0 aliphatic carbocycles. The van der Waals surface area contributed by atoms with Gasteiger partial charge in [-0.25, -0.2) is 0 Å². The summed E-state index contributed by atoms with van der Waals surface area (Å²) in [5.74, 6) is 0.512. The molecule has 30 heavy (non-hydrogen) atoms. The number of amides is 1. The standard InChI is InChI=1S/C25H33N3O2/c1-20-6-5-9-23(18-20)27-14-16-28(17-15-27)24(29)19-26-12-10-22(11-13-26)25(30)21-7-3-2-4-8-21/h2-9,18,22,25,30H,10-17,19H2,1H3. The van der Waals surface area contributed by atoms with Crippen LogP contribution in [0.3, 0.4) is 0 Å². The Morgan fingerprint density at radius 2 is 1.67 bits per heavy atom. The molecule has 160 valence electrons. The van der Waals surface area contributed by atoms with Crippen molar-refractivity contribution in [1.82, 2.24) is 9.80 Å². The van der Waals surface area contributed by atoms with Crippen LogP contribution in [0.15, 0.2) is 54.6 Å². The van der Waals surface area contributed by atoms with Gasteiger partial charge in [0, 0.05) is 31.9 Å². The van der Waals surface area contributed by atoms with Crippen molar-refractivity contribution >= 4 is 11.6 Å². The normalized spacial score (nSPS) is 19.7. The Balaban J connectivity index is 1.22.